The van der Waals surface area contributed by atoms with Crippen molar-refractivity contribution in [3.8, 4) is 0 Å². The molecular formula is C11H21NO3. The maximum absolute atomic E-state index is 11.4. The molecule has 2 N–H and O–H groups in total. The average Bonchev–Trinajstić information content (AvgIpc) is 2.17. The highest BCUT2D eigenvalue weighted by Gasteiger charge is 2.47. The van der Waals surface area contributed by atoms with Crippen LogP contribution in [0.1, 0.15) is 34.1 Å². The second-order valence-electron chi connectivity index (χ2n) is 4.77. The van der Waals surface area contributed by atoms with Gasteiger partial charge in [-0.15, -0.1) is 0 Å². The van der Waals surface area contributed by atoms with Crippen molar-refractivity contribution in [1.82, 2.24) is 5.32 Å². The molecule has 0 aromatic heterocycles. The van der Waals surface area contributed by atoms with Gasteiger partial charge in [0.15, 0.2) is 0 Å². The van der Waals surface area contributed by atoms with Crippen LogP contribution in [-0.2, 0) is 9.53 Å². The zero-order valence-corrected chi connectivity index (χ0v) is 9.91. The van der Waals surface area contributed by atoms with E-state index in [2.05, 4.69) is 5.32 Å². The van der Waals surface area contributed by atoms with E-state index in [1.165, 1.54) is 0 Å². The molecule has 1 aliphatic carbocycles. The Hall–Kier alpha value is -0.610. The second kappa shape index (κ2) is 4.49. The largest absolute Gasteiger partial charge is 0.465 e. The van der Waals surface area contributed by atoms with Crippen LogP contribution in [0.4, 0.5) is 0 Å². The van der Waals surface area contributed by atoms with Crippen molar-refractivity contribution in [2.24, 2.45) is 5.41 Å². The van der Waals surface area contributed by atoms with Crippen LogP contribution in [0.25, 0.3) is 0 Å². The number of nitrogens with one attached hydrogen (secondary N) is 1. The number of carbonyl (C=O) groups is 1. The third-order valence-electron chi connectivity index (χ3n) is 3.31. The molecule has 3 atom stereocenters. The maximum atomic E-state index is 11.4. The molecule has 3 unspecified atom stereocenters. The van der Waals surface area contributed by atoms with Gasteiger partial charge in [-0.2, -0.15) is 0 Å². The Bertz CT molecular complexity index is 240. The van der Waals surface area contributed by atoms with Crippen LogP contribution < -0.4 is 5.32 Å². The summed E-state index contributed by atoms with van der Waals surface area (Å²) in [7, 11) is 0. The van der Waals surface area contributed by atoms with Crippen molar-refractivity contribution in [2.45, 2.75) is 52.3 Å². The van der Waals surface area contributed by atoms with Gasteiger partial charge >= 0.3 is 5.97 Å². The molecule has 0 radical (unpaired) electrons. The minimum atomic E-state index is -0.304. The summed E-state index contributed by atoms with van der Waals surface area (Å²) in [6, 6.07) is -0.117. The Morgan fingerprint density at radius 3 is 2.67 bits per heavy atom. The highest BCUT2D eigenvalue weighted by atomic mass is 16.5. The third kappa shape index (κ3) is 2.49. The van der Waals surface area contributed by atoms with Crippen molar-refractivity contribution < 1.29 is 14.6 Å². The first kappa shape index (κ1) is 12.5. The summed E-state index contributed by atoms with van der Waals surface area (Å²) in [6.45, 7) is 7.98. The standard InChI is InChI=1S/C11H21NO3/c1-5-15-10(14)7(2)12-8-6-9(13)11(8,3)4/h7-9,12-13H,5-6H2,1-4H3. The van der Waals surface area contributed by atoms with Crippen molar-refractivity contribution >= 4 is 5.97 Å². The lowest BCUT2D eigenvalue weighted by atomic mass is 9.64. The molecule has 1 aliphatic rings. The van der Waals surface area contributed by atoms with E-state index in [9.17, 15) is 9.90 Å². The second-order valence-corrected chi connectivity index (χ2v) is 4.77. The first-order valence-electron chi connectivity index (χ1n) is 5.50. The van der Waals surface area contributed by atoms with E-state index in [1.807, 2.05) is 13.8 Å². The van der Waals surface area contributed by atoms with Gasteiger partial charge in [-0.25, -0.2) is 0 Å². The molecule has 88 valence electrons. The van der Waals surface area contributed by atoms with Crippen LogP contribution in [0, 0.1) is 5.41 Å². The fraction of sp³-hybridized carbons (Fsp3) is 0.909. The smallest absolute Gasteiger partial charge is 0.322 e. The average molecular weight is 215 g/mol. The van der Waals surface area contributed by atoms with Gasteiger partial charge in [0.05, 0.1) is 12.7 Å². The Labute approximate surface area is 91.0 Å². The molecule has 0 saturated heterocycles. The fourth-order valence-corrected chi connectivity index (χ4v) is 1.82. The van der Waals surface area contributed by atoms with Crippen LogP contribution >= 0.6 is 0 Å². The predicted molar refractivity (Wildman–Crippen MR) is 57.4 cm³/mol. The lowest BCUT2D eigenvalue weighted by Crippen LogP contribution is -2.62. The Kier molecular flexibility index (Phi) is 3.73. The number of rotatable bonds is 4. The van der Waals surface area contributed by atoms with Crippen molar-refractivity contribution in [1.29, 1.82) is 0 Å². The van der Waals surface area contributed by atoms with Crippen molar-refractivity contribution in [3.63, 3.8) is 0 Å². The molecule has 0 heterocycles. The van der Waals surface area contributed by atoms with E-state index in [4.69, 9.17) is 4.74 Å². The van der Waals surface area contributed by atoms with E-state index in [0.717, 1.165) is 0 Å². The maximum Gasteiger partial charge on any atom is 0.322 e. The van der Waals surface area contributed by atoms with Crippen molar-refractivity contribution in [3.05, 3.63) is 0 Å². The molecule has 1 rings (SSSR count). The highest BCUT2D eigenvalue weighted by Crippen LogP contribution is 2.40. The normalized spacial score (nSPS) is 30.5. The van der Waals surface area contributed by atoms with Gasteiger partial charge in [-0.3, -0.25) is 4.79 Å². The van der Waals surface area contributed by atoms with E-state index < -0.39 is 0 Å². The Morgan fingerprint density at radius 1 is 1.67 bits per heavy atom. The number of hydrogen-bond donors (Lipinski definition) is 2. The molecular weight excluding hydrogens is 194 g/mol. The lowest BCUT2D eigenvalue weighted by molar-refractivity contribution is -0.147. The zero-order chi connectivity index (χ0) is 11.6. The third-order valence-corrected chi connectivity index (χ3v) is 3.31. The monoisotopic (exact) mass is 215 g/mol. The number of hydrogen-bond acceptors (Lipinski definition) is 4. The van der Waals surface area contributed by atoms with Gasteiger partial charge in [0.25, 0.3) is 0 Å². The topological polar surface area (TPSA) is 58.6 Å². The van der Waals surface area contributed by atoms with Crippen LogP contribution in [0.3, 0.4) is 0 Å². The molecule has 1 saturated carbocycles. The van der Waals surface area contributed by atoms with Gasteiger partial charge in [-0.1, -0.05) is 13.8 Å². The molecule has 15 heavy (non-hydrogen) atoms. The van der Waals surface area contributed by atoms with E-state index in [-0.39, 0.29) is 29.6 Å². The Morgan fingerprint density at radius 2 is 2.27 bits per heavy atom. The summed E-state index contributed by atoms with van der Waals surface area (Å²) >= 11 is 0. The fourth-order valence-electron chi connectivity index (χ4n) is 1.82. The summed E-state index contributed by atoms with van der Waals surface area (Å²) in [5.41, 5.74) is -0.152. The van der Waals surface area contributed by atoms with Crippen molar-refractivity contribution in [2.75, 3.05) is 6.61 Å². The SMILES string of the molecule is CCOC(=O)C(C)NC1CC(O)C1(C)C. The first-order valence-corrected chi connectivity index (χ1v) is 5.50. The summed E-state index contributed by atoms with van der Waals surface area (Å²) in [4.78, 5) is 11.4. The molecule has 0 bridgehead atoms. The first-order chi connectivity index (χ1) is 6.89. The van der Waals surface area contributed by atoms with Crippen LogP contribution in [-0.4, -0.2) is 35.9 Å². The van der Waals surface area contributed by atoms with E-state index in [1.54, 1.807) is 13.8 Å². The summed E-state index contributed by atoms with van der Waals surface area (Å²) in [5.74, 6) is -0.227. The highest BCUT2D eigenvalue weighted by molar-refractivity contribution is 5.75. The van der Waals surface area contributed by atoms with Gasteiger partial charge in [0.2, 0.25) is 0 Å². The number of esters is 1. The molecule has 0 amide bonds. The molecule has 0 aliphatic heterocycles. The van der Waals surface area contributed by atoms with Gasteiger partial charge in [0.1, 0.15) is 6.04 Å². The number of aliphatic hydroxyl groups excluding tert-OH is 1. The van der Waals surface area contributed by atoms with E-state index in [0.29, 0.717) is 13.0 Å². The molecule has 4 nitrogen and oxygen atoms in total. The van der Waals surface area contributed by atoms with Gasteiger partial charge < -0.3 is 15.2 Å². The summed E-state index contributed by atoms with van der Waals surface area (Å²) in [6.07, 6.45) is 0.431. The summed E-state index contributed by atoms with van der Waals surface area (Å²) in [5, 5.41) is 12.7. The quantitative estimate of drug-likeness (QED) is 0.677. The molecule has 4 heteroatoms. The Balaban J connectivity index is 2.40. The van der Waals surface area contributed by atoms with E-state index >= 15 is 0 Å². The van der Waals surface area contributed by atoms with Crippen LogP contribution in [0.2, 0.25) is 0 Å². The van der Waals surface area contributed by atoms with Gasteiger partial charge in [-0.05, 0) is 20.3 Å². The minimum Gasteiger partial charge on any atom is -0.465 e. The van der Waals surface area contributed by atoms with Gasteiger partial charge in [0, 0.05) is 11.5 Å². The molecule has 1 fully saturated rings. The molecule has 0 spiro atoms. The van der Waals surface area contributed by atoms with Crippen LogP contribution in [0.15, 0.2) is 0 Å². The predicted octanol–water partition coefficient (Wildman–Crippen LogP) is 0.687. The van der Waals surface area contributed by atoms with Crippen LogP contribution in [0.5, 0.6) is 0 Å². The molecule has 0 aromatic carbocycles. The number of aliphatic hydroxyl groups is 1. The molecule has 0 aromatic rings. The minimum absolute atomic E-state index is 0.152. The number of carbonyl (C=O) groups excluding carboxylic acids is 1. The lowest BCUT2D eigenvalue weighted by Gasteiger charge is -2.50. The zero-order valence-electron chi connectivity index (χ0n) is 9.91. The summed E-state index contributed by atoms with van der Waals surface area (Å²) < 4.78 is 4.90. The number of ether oxygens (including phenoxy) is 1.